The summed E-state index contributed by atoms with van der Waals surface area (Å²) in [5.41, 5.74) is 1.44. The van der Waals surface area contributed by atoms with E-state index in [9.17, 15) is 10.1 Å². The molecule has 0 aliphatic heterocycles. The second-order valence-electron chi connectivity index (χ2n) is 5.99. The maximum atomic E-state index is 10.5. The summed E-state index contributed by atoms with van der Waals surface area (Å²) in [7, 11) is 0. The van der Waals surface area contributed by atoms with Crippen LogP contribution in [-0.4, -0.2) is 11.0 Å². The van der Waals surface area contributed by atoms with Crippen molar-refractivity contribution in [3.8, 4) is 0 Å². The van der Waals surface area contributed by atoms with E-state index >= 15 is 0 Å². The molecule has 0 fully saturated rings. The molecule has 0 radical (unpaired) electrons. The lowest BCUT2D eigenvalue weighted by atomic mass is 10.0. The van der Waals surface area contributed by atoms with Gasteiger partial charge in [0.25, 0.3) is 0 Å². The highest BCUT2D eigenvalue weighted by molar-refractivity contribution is 5.14. The normalized spacial score (nSPS) is 12.2. The van der Waals surface area contributed by atoms with Crippen molar-refractivity contribution in [2.24, 2.45) is 0 Å². The van der Waals surface area contributed by atoms with Crippen LogP contribution in [0.1, 0.15) is 70.3 Å². The van der Waals surface area contributed by atoms with E-state index in [1.54, 1.807) is 6.92 Å². The Balaban J connectivity index is 1.84. The van der Waals surface area contributed by atoms with Crippen LogP contribution in [0, 0.1) is 10.1 Å². The fraction of sp³-hybridized carbons (Fsp3) is 0.667. The second kappa shape index (κ2) is 11.3. The number of hydrogen-bond donors (Lipinski definition) is 0. The number of hydrogen-bond acceptors (Lipinski definition) is 2. The third-order valence-electron chi connectivity index (χ3n) is 4.04. The highest BCUT2D eigenvalue weighted by Gasteiger charge is 2.10. The molecule has 0 amide bonds. The third kappa shape index (κ3) is 9.22. The van der Waals surface area contributed by atoms with Gasteiger partial charge in [0, 0.05) is 18.3 Å². The summed E-state index contributed by atoms with van der Waals surface area (Å²) in [5, 5.41) is 10.5. The molecule has 1 aromatic carbocycles. The average Bonchev–Trinajstić information content (AvgIpc) is 2.49. The van der Waals surface area contributed by atoms with Crippen molar-refractivity contribution in [3.05, 3.63) is 46.0 Å². The van der Waals surface area contributed by atoms with Crippen LogP contribution in [0.3, 0.4) is 0 Å². The van der Waals surface area contributed by atoms with E-state index in [2.05, 4.69) is 30.3 Å². The first-order valence-electron chi connectivity index (χ1n) is 8.37. The molecule has 0 aliphatic rings. The van der Waals surface area contributed by atoms with Gasteiger partial charge in [0.1, 0.15) is 0 Å². The fourth-order valence-electron chi connectivity index (χ4n) is 2.58. The van der Waals surface area contributed by atoms with Gasteiger partial charge in [-0.3, -0.25) is 10.1 Å². The molecule has 21 heavy (non-hydrogen) atoms. The van der Waals surface area contributed by atoms with Gasteiger partial charge in [0.15, 0.2) is 0 Å². The van der Waals surface area contributed by atoms with Crippen LogP contribution in [0.25, 0.3) is 0 Å². The van der Waals surface area contributed by atoms with Crippen molar-refractivity contribution in [2.75, 3.05) is 0 Å². The predicted octanol–water partition coefficient (Wildman–Crippen LogP) is 5.41. The van der Waals surface area contributed by atoms with Gasteiger partial charge in [-0.2, -0.15) is 0 Å². The number of nitro groups is 1. The predicted molar refractivity (Wildman–Crippen MR) is 88.2 cm³/mol. The molecular weight excluding hydrogens is 262 g/mol. The quantitative estimate of drug-likeness (QED) is 0.294. The highest BCUT2D eigenvalue weighted by Crippen LogP contribution is 2.12. The zero-order chi connectivity index (χ0) is 15.3. The standard InChI is InChI=1S/C18H29NO2/c1-17(19(20)21)13-9-6-4-2-3-5-7-10-14-18-15-11-8-12-16-18/h8,11-12,15-17H,2-7,9-10,13-14H2,1H3. The summed E-state index contributed by atoms with van der Waals surface area (Å²) < 4.78 is 0. The lowest BCUT2D eigenvalue weighted by Crippen LogP contribution is -2.14. The number of aryl methyl sites for hydroxylation is 1. The SMILES string of the molecule is CC(CCCCCCCCCCc1ccccc1)[N+](=O)[O-]. The number of rotatable bonds is 12. The first-order chi connectivity index (χ1) is 10.2. The topological polar surface area (TPSA) is 43.1 Å². The van der Waals surface area contributed by atoms with Gasteiger partial charge in [0.2, 0.25) is 6.04 Å². The highest BCUT2D eigenvalue weighted by atomic mass is 16.6. The molecule has 1 aromatic rings. The average molecular weight is 291 g/mol. The monoisotopic (exact) mass is 291 g/mol. The summed E-state index contributed by atoms with van der Waals surface area (Å²) in [4.78, 5) is 10.3. The molecule has 1 rings (SSSR count). The molecular formula is C18H29NO2. The van der Waals surface area contributed by atoms with E-state index in [4.69, 9.17) is 0 Å². The molecule has 0 aliphatic carbocycles. The maximum absolute atomic E-state index is 10.5. The van der Waals surface area contributed by atoms with Gasteiger partial charge < -0.3 is 0 Å². The molecule has 0 N–H and O–H groups in total. The summed E-state index contributed by atoms with van der Waals surface area (Å²) >= 11 is 0. The van der Waals surface area contributed by atoms with Gasteiger partial charge in [-0.15, -0.1) is 0 Å². The first-order valence-corrected chi connectivity index (χ1v) is 8.37. The van der Waals surface area contributed by atoms with Crippen molar-refractivity contribution in [3.63, 3.8) is 0 Å². The fourth-order valence-corrected chi connectivity index (χ4v) is 2.58. The Kier molecular flexibility index (Phi) is 9.51. The van der Waals surface area contributed by atoms with Crippen LogP contribution >= 0.6 is 0 Å². The van der Waals surface area contributed by atoms with E-state index in [1.165, 1.54) is 50.5 Å². The van der Waals surface area contributed by atoms with Gasteiger partial charge in [-0.05, 0) is 24.8 Å². The molecule has 0 spiro atoms. The molecule has 0 aromatic heterocycles. The molecule has 0 saturated heterocycles. The Morgan fingerprint density at radius 3 is 2.00 bits per heavy atom. The molecule has 3 nitrogen and oxygen atoms in total. The lowest BCUT2D eigenvalue weighted by Gasteiger charge is -2.04. The Hall–Kier alpha value is -1.38. The summed E-state index contributed by atoms with van der Waals surface area (Å²) in [5.74, 6) is 0. The largest absolute Gasteiger partial charge is 0.264 e. The molecule has 0 saturated carbocycles. The Morgan fingerprint density at radius 1 is 0.905 bits per heavy atom. The molecule has 118 valence electrons. The van der Waals surface area contributed by atoms with E-state index in [1.807, 2.05) is 0 Å². The van der Waals surface area contributed by atoms with E-state index in [-0.39, 0.29) is 11.0 Å². The van der Waals surface area contributed by atoms with Crippen molar-refractivity contribution < 1.29 is 4.92 Å². The van der Waals surface area contributed by atoms with Crippen molar-refractivity contribution in [1.82, 2.24) is 0 Å². The van der Waals surface area contributed by atoms with E-state index in [0.717, 1.165) is 19.3 Å². The van der Waals surface area contributed by atoms with Crippen LogP contribution in [0.4, 0.5) is 0 Å². The smallest absolute Gasteiger partial charge is 0.210 e. The number of benzene rings is 1. The summed E-state index contributed by atoms with van der Waals surface area (Å²) in [6, 6.07) is 10.3. The molecule has 0 heterocycles. The second-order valence-corrected chi connectivity index (χ2v) is 5.99. The minimum absolute atomic E-state index is 0.174. The number of unbranched alkanes of at least 4 members (excludes halogenated alkanes) is 7. The third-order valence-corrected chi connectivity index (χ3v) is 4.04. The molecule has 3 heteroatoms. The minimum atomic E-state index is -0.372. The summed E-state index contributed by atoms with van der Waals surface area (Å²) in [6.45, 7) is 1.70. The minimum Gasteiger partial charge on any atom is -0.264 e. The Labute approximate surface area is 128 Å². The van der Waals surface area contributed by atoms with Gasteiger partial charge in [0.05, 0.1) is 0 Å². The van der Waals surface area contributed by atoms with Crippen LogP contribution in [0.15, 0.2) is 30.3 Å². The van der Waals surface area contributed by atoms with Crippen molar-refractivity contribution >= 4 is 0 Å². The molecule has 1 unspecified atom stereocenters. The molecule has 0 bridgehead atoms. The number of nitrogens with zero attached hydrogens (tertiary/aromatic N) is 1. The van der Waals surface area contributed by atoms with Crippen LogP contribution < -0.4 is 0 Å². The Bertz CT molecular complexity index is 378. The van der Waals surface area contributed by atoms with E-state index in [0.29, 0.717) is 0 Å². The summed E-state index contributed by atoms with van der Waals surface area (Å²) in [6.07, 6.45) is 11.8. The zero-order valence-electron chi connectivity index (χ0n) is 13.3. The maximum Gasteiger partial charge on any atom is 0.210 e. The van der Waals surface area contributed by atoms with Crippen molar-refractivity contribution in [1.29, 1.82) is 0 Å². The van der Waals surface area contributed by atoms with Crippen LogP contribution in [0.5, 0.6) is 0 Å². The van der Waals surface area contributed by atoms with Gasteiger partial charge in [-0.1, -0.05) is 68.9 Å². The lowest BCUT2D eigenvalue weighted by molar-refractivity contribution is -0.519. The van der Waals surface area contributed by atoms with Crippen LogP contribution in [0.2, 0.25) is 0 Å². The molecule has 1 atom stereocenters. The van der Waals surface area contributed by atoms with Gasteiger partial charge in [-0.25, -0.2) is 0 Å². The Morgan fingerprint density at radius 2 is 1.43 bits per heavy atom. The van der Waals surface area contributed by atoms with E-state index < -0.39 is 0 Å². The van der Waals surface area contributed by atoms with Crippen molar-refractivity contribution in [2.45, 2.75) is 77.2 Å². The van der Waals surface area contributed by atoms with Gasteiger partial charge >= 0.3 is 0 Å². The van der Waals surface area contributed by atoms with Crippen LogP contribution in [-0.2, 0) is 6.42 Å². The first kappa shape index (κ1) is 17.7. The zero-order valence-corrected chi connectivity index (χ0v) is 13.3.